The molecule has 3 rings (SSSR count). The molecule has 2 bridgehead atoms. The number of ketones is 1. The molecular weight excluding hydrogens is 294 g/mol. The Bertz CT molecular complexity index is 560. The molecule has 2 aliphatic heterocycles. The number of carbonyl (C=O) groups excluding carboxylic acids is 1. The zero-order valence-corrected chi connectivity index (χ0v) is 15.8. The van der Waals surface area contributed by atoms with Crippen LogP contribution in [0.3, 0.4) is 0 Å². The molecule has 2 heteroatoms. The largest absolute Gasteiger partial charge is 0.300 e. The minimum absolute atomic E-state index is 0.192. The molecule has 2 aliphatic rings. The van der Waals surface area contributed by atoms with Gasteiger partial charge < -0.3 is 0 Å². The maximum Gasteiger partial charge on any atom is 0.137 e. The molecule has 24 heavy (non-hydrogen) atoms. The molecule has 4 atom stereocenters. The van der Waals surface area contributed by atoms with Crippen LogP contribution in [0.1, 0.15) is 82.3 Å². The topological polar surface area (TPSA) is 20.3 Å². The Morgan fingerprint density at radius 3 is 2.38 bits per heavy atom. The highest BCUT2D eigenvalue weighted by molar-refractivity contribution is 5.82. The number of carbonyl (C=O) groups is 1. The molecule has 0 spiro atoms. The highest BCUT2D eigenvalue weighted by Crippen LogP contribution is 2.47. The van der Waals surface area contributed by atoms with Gasteiger partial charge >= 0.3 is 0 Å². The van der Waals surface area contributed by atoms with Crippen LogP contribution in [0.25, 0.3) is 0 Å². The zero-order valence-electron chi connectivity index (χ0n) is 15.8. The third kappa shape index (κ3) is 3.06. The van der Waals surface area contributed by atoms with E-state index in [4.69, 9.17) is 0 Å². The van der Waals surface area contributed by atoms with Gasteiger partial charge in [-0.25, -0.2) is 0 Å². The minimum Gasteiger partial charge on any atom is -0.300 e. The summed E-state index contributed by atoms with van der Waals surface area (Å²) in [7, 11) is 2.23. The molecule has 0 aromatic heterocycles. The van der Waals surface area contributed by atoms with Gasteiger partial charge in [-0.05, 0) is 62.1 Å². The molecule has 2 saturated heterocycles. The third-order valence-electron chi connectivity index (χ3n) is 6.81. The molecule has 0 saturated carbocycles. The first kappa shape index (κ1) is 17.7. The van der Waals surface area contributed by atoms with Gasteiger partial charge in [0.25, 0.3) is 0 Å². The molecule has 1 aromatic carbocycles. The number of fused-ring (bicyclic) bond motifs is 2. The van der Waals surface area contributed by atoms with Gasteiger partial charge in [0.15, 0.2) is 0 Å². The van der Waals surface area contributed by atoms with Crippen LogP contribution in [0.2, 0.25) is 0 Å². The molecule has 0 N–H and O–H groups in total. The summed E-state index contributed by atoms with van der Waals surface area (Å²) in [6.07, 6.45) is 6.67. The summed E-state index contributed by atoms with van der Waals surface area (Å²) in [6, 6.07) is 10.4. The van der Waals surface area contributed by atoms with E-state index in [0.29, 0.717) is 36.1 Å². The van der Waals surface area contributed by atoms with E-state index in [-0.39, 0.29) is 5.92 Å². The predicted molar refractivity (Wildman–Crippen MR) is 100 cm³/mol. The normalized spacial score (nSPS) is 30.0. The van der Waals surface area contributed by atoms with Crippen molar-refractivity contribution in [2.24, 2.45) is 5.92 Å². The zero-order chi connectivity index (χ0) is 17.3. The summed E-state index contributed by atoms with van der Waals surface area (Å²) >= 11 is 0. The van der Waals surface area contributed by atoms with Gasteiger partial charge in [-0.2, -0.15) is 0 Å². The first-order chi connectivity index (χ1) is 11.6. The number of rotatable bonds is 6. The molecular formula is C22H33NO. The van der Waals surface area contributed by atoms with Crippen LogP contribution in [0.15, 0.2) is 24.3 Å². The molecule has 0 amide bonds. The quantitative estimate of drug-likeness (QED) is 0.721. The Balaban J connectivity index is 1.87. The first-order valence-corrected chi connectivity index (χ1v) is 9.95. The van der Waals surface area contributed by atoms with Gasteiger partial charge in [0.1, 0.15) is 5.78 Å². The van der Waals surface area contributed by atoms with Crippen LogP contribution in [-0.4, -0.2) is 29.8 Å². The highest BCUT2D eigenvalue weighted by Gasteiger charge is 2.48. The van der Waals surface area contributed by atoms with E-state index in [1.807, 2.05) is 6.92 Å². The molecule has 0 unspecified atom stereocenters. The molecule has 2 heterocycles. The van der Waals surface area contributed by atoms with Crippen molar-refractivity contribution in [1.29, 1.82) is 0 Å². The second-order valence-corrected chi connectivity index (χ2v) is 7.83. The van der Waals surface area contributed by atoms with Crippen molar-refractivity contribution in [3.8, 4) is 0 Å². The van der Waals surface area contributed by atoms with Crippen molar-refractivity contribution in [2.75, 3.05) is 7.05 Å². The van der Waals surface area contributed by atoms with Crippen molar-refractivity contribution in [2.45, 2.75) is 83.2 Å². The molecule has 0 aliphatic carbocycles. The van der Waals surface area contributed by atoms with Crippen LogP contribution in [0, 0.1) is 5.92 Å². The van der Waals surface area contributed by atoms with E-state index < -0.39 is 0 Å². The van der Waals surface area contributed by atoms with Crippen LogP contribution >= 0.6 is 0 Å². The average Bonchev–Trinajstić information content (AvgIpc) is 2.85. The molecule has 2 fully saturated rings. The van der Waals surface area contributed by atoms with Gasteiger partial charge in [-0.1, -0.05) is 45.0 Å². The third-order valence-corrected chi connectivity index (χ3v) is 6.81. The standard InChI is InChI=1S/C22H33NO/c1-5-15(6-2)16-8-10-17(11-9-16)19-14-18-12-13-20(23(18)4)22(19)21(24)7-3/h8-11,15,18-20,22H,5-7,12-14H2,1-4H3/t18-,19+,20+,22-/m0/s1. The lowest BCUT2D eigenvalue weighted by atomic mass is 9.73. The molecule has 2 nitrogen and oxygen atoms in total. The Morgan fingerprint density at radius 1 is 1.12 bits per heavy atom. The van der Waals surface area contributed by atoms with Crippen molar-refractivity contribution < 1.29 is 4.79 Å². The van der Waals surface area contributed by atoms with Gasteiger partial charge in [0.2, 0.25) is 0 Å². The summed E-state index contributed by atoms with van der Waals surface area (Å²) in [4.78, 5) is 15.2. The summed E-state index contributed by atoms with van der Waals surface area (Å²) in [6.45, 7) is 6.57. The van der Waals surface area contributed by atoms with E-state index in [2.05, 4.69) is 50.1 Å². The summed E-state index contributed by atoms with van der Waals surface area (Å²) in [5.74, 6) is 1.74. The Morgan fingerprint density at radius 2 is 1.79 bits per heavy atom. The van der Waals surface area contributed by atoms with Crippen LogP contribution in [0.4, 0.5) is 0 Å². The van der Waals surface area contributed by atoms with E-state index in [1.54, 1.807) is 0 Å². The maximum absolute atomic E-state index is 12.7. The monoisotopic (exact) mass is 327 g/mol. The fourth-order valence-corrected chi connectivity index (χ4v) is 5.26. The minimum atomic E-state index is 0.192. The van der Waals surface area contributed by atoms with E-state index in [9.17, 15) is 4.79 Å². The average molecular weight is 328 g/mol. The lowest BCUT2D eigenvalue weighted by Crippen LogP contribution is -2.48. The van der Waals surface area contributed by atoms with Crippen LogP contribution < -0.4 is 0 Å². The Hall–Kier alpha value is -1.15. The van der Waals surface area contributed by atoms with Gasteiger partial charge in [-0.3, -0.25) is 9.69 Å². The van der Waals surface area contributed by atoms with Crippen molar-refractivity contribution in [3.05, 3.63) is 35.4 Å². The SMILES string of the molecule is CCC(=O)[C@H]1[C@@H](c2ccc(C(CC)CC)cc2)C[C@@H]2CC[C@H]1N2C. The van der Waals surface area contributed by atoms with Crippen LogP contribution in [-0.2, 0) is 4.79 Å². The second kappa shape index (κ2) is 7.39. The van der Waals surface area contributed by atoms with Crippen molar-refractivity contribution in [1.82, 2.24) is 4.90 Å². The summed E-state index contributed by atoms with van der Waals surface area (Å²) < 4.78 is 0. The lowest BCUT2D eigenvalue weighted by Gasteiger charge is -2.42. The number of Topliss-reactive ketones (excluding diaryl/α,β-unsaturated/α-hetero) is 1. The van der Waals surface area contributed by atoms with Gasteiger partial charge in [0.05, 0.1) is 0 Å². The number of hydrogen-bond donors (Lipinski definition) is 0. The van der Waals surface area contributed by atoms with E-state index in [0.717, 1.165) is 6.42 Å². The Kier molecular flexibility index (Phi) is 5.44. The fraction of sp³-hybridized carbons (Fsp3) is 0.682. The Labute approximate surface area is 147 Å². The van der Waals surface area contributed by atoms with Crippen molar-refractivity contribution >= 4 is 5.78 Å². The molecule has 1 aromatic rings. The molecule has 0 radical (unpaired) electrons. The predicted octanol–water partition coefficient (Wildman–Crippen LogP) is 5.14. The highest BCUT2D eigenvalue weighted by atomic mass is 16.1. The first-order valence-electron chi connectivity index (χ1n) is 9.95. The second-order valence-electron chi connectivity index (χ2n) is 7.83. The van der Waals surface area contributed by atoms with Crippen molar-refractivity contribution in [3.63, 3.8) is 0 Å². The van der Waals surface area contributed by atoms with Crippen LogP contribution in [0.5, 0.6) is 0 Å². The van der Waals surface area contributed by atoms with E-state index in [1.165, 1.54) is 36.8 Å². The van der Waals surface area contributed by atoms with E-state index >= 15 is 0 Å². The maximum atomic E-state index is 12.7. The summed E-state index contributed by atoms with van der Waals surface area (Å²) in [5, 5.41) is 0. The smallest absolute Gasteiger partial charge is 0.137 e. The lowest BCUT2D eigenvalue weighted by molar-refractivity contribution is -0.126. The fourth-order valence-electron chi connectivity index (χ4n) is 5.26. The molecule has 132 valence electrons. The number of benzene rings is 1. The number of nitrogens with zero attached hydrogens (tertiary/aromatic N) is 1. The number of piperidine rings is 1. The van der Waals surface area contributed by atoms with Gasteiger partial charge in [-0.15, -0.1) is 0 Å². The van der Waals surface area contributed by atoms with Gasteiger partial charge in [0, 0.05) is 24.4 Å². The number of hydrogen-bond acceptors (Lipinski definition) is 2. The summed E-state index contributed by atoms with van der Waals surface area (Å²) in [5.41, 5.74) is 2.85.